The van der Waals surface area contributed by atoms with E-state index in [9.17, 15) is 9.90 Å². The number of allylic oxidation sites excluding steroid dienone is 2. The van der Waals surface area contributed by atoms with Crippen LogP contribution in [0.3, 0.4) is 0 Å². The fourth-order valence-electron chi connectivity index (χ4n) is 1.22. The van der Waals surface area contributed by atoms with Gasteiger partial charge in [0, 0.05) is 5.92 Å². The maximum atomic E-state index is 11.4. The Morgan fingerprint density at radius 3 is 2.15 bits per heavy atom. The van der Waals surface area contributed by atoms with Gasteiger partial charge in [-0.3, -0.25) is 4.79 Å². The van der Waals surface area contributed by atoms with Crippen molar-refractivity contribution in [3.8, 4) is 0 Å². The monoisotopic (exact) mass is 184 g/mol. The average Bonchev–Trinajstić information content (AvgIpc) is 2.00. The lowest BCUT2D eigenvalue weighted by Gasteiger charge is -2.29. The standard InChI is InChI=1S/C11H20O2/c1-6-7-9(12)8(2)10(13)11(3,4)5/h6-8,10,13H,1-5H3/b7-6+/t8-,10+/m1/s1. The molecule has 0 aromatic heterocycles. The number of ketones is 1. The quantitative estimate of drug-likeness (QED) is 0.682. The first kappa shape index (κ1) is 12.4. The first-order valence-electron chi connectivity index (χ1n) is 4.65. The van der Waals surface area contributed by atoms with Gasteiger partial charge in [0.2, 0.25) is 0 Å². The smallest absolute Gasteiger partial charge is 0.160 e. The van der Waals surface area contributed by atoms with Crippen LogP contribution < -0.4 is 0 Å². The topological polar surface area (TPSA) is 37.3 Å². The van der Waals surface area contributed by atoms with Gasteiger partial charge >= 0.3 is 0 Å². The highest BCUT2D eigenvalue weighted by atomic mass is 16.3. The molecule has 1 N–H and O–H groups in total. The van der Waals surface area contributed by atoms with Crippen molar-refractivity contribution in [3.63, 3.8) is 0 Å². The Kier molecular flexibility index (Phi) is 4.34. The third kappa shape index (κ3) is 3.73. The maximum absolute atomic E-state index is 11.4. The Hall–Kier alpha value is -0.630. The normalized spacial score (nSPS) is 17.4. The van der Waals surface area contributed by atoms with Crippen LogP contribution in [0, 0.1) is 11.3 Å². The van der Waals surface area contributed by atoms with Crippen molar-refractivity contribution < 1.29 is 9.90 Å². The predicted molar refractivity (Wildman–Crippen MR) is 54.4 cm³/mol. The molecule has 2 heteroatoms. The number of carbonyl (C=O) groups is 1. The van der Waals surface area contributed by atoms with E-state index in [1.807, 2.05) is 20.8 Å². The van der Waals surface area contributed by atoms with Crippen molar-refractivity contribution in [2.45, 2.75) is 40.7 Å². The number of aliphatic hydroxyl groups excluding tert-OH is 1. The molecule has 0 aromatic rings. The zero-order valence-corrected chi connectivity index (χ0v) is 9.16. The van der Waals surface area contributed by atoms with Gasteiger partial charge in [-0.15, -0.1) is 0 Å². The molecule has 0 heterocycles. The van der Waals surface area contributed by atoms with E-state index in [-0.39, 0.29) is 17.1 Å². The predicted octanol–water partition coefficient (Wildman–Crippen LogP) is 2.17. The Morgan fingerprint density at radius 1 is 1.38 bits per heavy atom. The zero-order chi connectivity index (χ0) is 10.6. The molecule has 2 atom stereocenters. The Labute approximate surface area is 80.7 Å². The first-order valence-corrected chi connectivity index (χ1v) is 4.65. The summed E-state index contributed by atoms with van der Waals surface area (Å²) in [6.07, 6.45) is 2.63. The number of rotatable bonds is 3. The molecule has 0 amide bonds. The summed E-state index contributed by atoms with van der Waals surface area (Å²) in [6, 6.07) is 0. The molecule has 76 valence electrons. The third-order valence-corrected chi connectivity index (χ3v) is 2.14. The van der Waals surface area contributed by atoms with Crippen LogP contribution in [0.1, 0.15) is 34.6 Å². The fourth-order valence-corrected chi connectivity index (χ4v) is 1.22. The van der Waals surface area contributed by atoms with Crippen LogP contribution in [0.2, 0.25) is 0 Å². The molecule has 0 radical (unpaired) electrons. The van der Waals surface area contributed by atoms with Crippen molar-refractivity contribution in [1.29, 1.82) is 0 Å². The Bertz CT molecular complexity index is 199. The zero-order valence-electron chi connectivity index (χ0n) is 9.16. The minimum Gasteiger partial charge on any atom is -0.392 e. The van der Waals surface area contributed by atoms with Crippen molar-refractivity contribution in [3.05, 3.63) is 12.2 Å². The lowest BCUT2D eigenvalue weighted by atomic mass is 9.80. The second kappa shape index (κ2) is 4.56. The molecule has 13 heavy (non-hydrogen) atoms. The number of aliphatic hydroxyl groups is 1. The summed E-state index contributed by atoms with van der Waals surface area (Å²) in [5, 5.41) is 9.80. The van der Waals surface area contributed by atoms with Crippen LogP contribution in [0.4, 0.5) is 0 Å². The van der Waals surface area contributed by atoms with Crippen LogP contribution in [-0.4, -0.2) is 17.0 Å². The molecule has 2 nitrogen and oxygen atoms in total. The molecule has 0 aliphatic rings. The number of hydrogen-bond acceptors (Lipinski definition) is 2. The van der Waals surface area contributed by atoms with Gasteiger partial charge in [-0.05, 0) is 18.4 Å². The van der Waals surface area contributed by atoms with Crippen molar-refractivity contribution in [1.82, 2.24) is 0 Å². The molecule has 0 bridgehead atoms. The van der Waals surface area contributed by atoms with Crippen molar-refractivity contribution >= 4 is 5.78 Å². The molecule has 0 rings (SSSR count). The minimum absolute atomic E-state index is 0.00933. The van der Waals surface area contributed by atoms with Gasteiger partial charge < -0.3 is 5.11 Å². The fraction of sp³-hybridized carbons (Fsp3) is 0.727. The van der Waals surface area contributed by atoms with Gasteiger partial charge in [0.05, 0.1) is 6.10 Å². The lowest BCUT2D eigenvalue weighted by molar-refractivity contribution is -0.123. The van der Waals surface area contributed by atoms with E-state index in [0.29, 0.717) is 0 Å². The summed E-state index contributed by atoms with van der Waals surface area (Å²) >= 11 is 0. The summed E-state index contributed by atoms with van der Waals surface area (Å²) in [6.45, 7) is 9.34. The first-order chi connectivity index (χ1) is 5.80. The summed E-state index contributed by atoms with van der Waals surface area (Å²) in [4.78, 5) is 11.4. The van der Waals surface area contributed by atoms with Crippen LogP contribution >= 0.6 is 0 Å². The second-order valence-electron chi connectivity index (χ2n) is 4.50. The Balaban J connectivity index is 4.43. The summed E-state index contributed by atoms with van der Waals surface area (Å²) < 4.78 is 0. The molecule has 0 spiro atoms. The molecule has 0 aliphatic heterocycles. The third-order valence-electron chi connectivity index (χ3n) is 2.14. The van der Waals surface area contributed by atoms with Crippen LogP contribution in [0.25, 0.3) is 0 Å². The maximum Gasteiger partial charge on any atom is 0.160 e. The van der Waals surface area contributed by atoms with E-state index in [0.717, 1.165) is 0 Å². The van der Waals surface area contributed by atoms with Gasteiger partial charge in [-0.2, -0.15) is 0 Å². The highest BCUT2D eigenvalue weighted by molar-refractivity contribution is 5.91. The van der Waals surface area contributed by atoms with E-state index in [2.05, 4.69) is 0 Å². The molecule has 0 aliphatic carbocycles. The SMILES string of the molecule is C/C=C/C(=O)[C@@H](C)[C@H](O)C(C)(C)C. The largest absolute Gasteiger partial charge is 0.392 e. The molecule has 0 unspecified atom stereocenters. The number of hydrogen-bond donors (Lipinski definition) is 1. The van der Waals surface area contributed by atoms with Crippen LogP contribution in [0.5, 0.6) is 0 Å². The summed E-state index contributed by atoms with van der Waals surface area (Å²) in [7, 11) is 0. The van der Waals surface area contributed by atoms with E-state index in [1.165, 1.54) is 6.08 Å². The van der Waals surface area contributed by atoms with E-state index >= 15 is 0 Å². The van der Waals surface area contributed by atoms with Gasteiger partial charge in [0.15, 0.2) is 5.78 Å². The molecule has 0 saturated carbocycles. The molecular weight excluding hydrogens is 164 g/mol. The van der Waals surface area contributed by atoms with Gasteiger partial charge in [0.1, 0.15) is 0 Å². The van der Waals surface area contributed by atoms with E-state index < -0.39 is 6.10 Å². The van der Waals surface area contributed by atoms with Crippen LogP contribution in [0.15, 0.2) is 12.2 Å². The highest BCUT2D eigenvalue weighted by Crippen LogP contribution is 2.25. The second-order valence-corrected chi connectivity index (χ2v) is 4.50. The van der Waals surface area contributed by atoms with Gasteiger partial charge in [-0.1, -0.05) is 33.8 Å². The molecule has 0 saturated heterocycles. The highest BCUT2D eigenvalue weighted by Gasteiger charge is 2.30. The molecular formula is C11H20O2. The Morgan fingerprint density at radius 2 is 1.85 bits per heavy atom. The summed E-state index contributed by atoms with van der Waals surface area (Å²) in [5.41, 5.74) is -0.239. The summed E-state index contributed by atoms with van der Waals surface area (Å²) in [5.74, 6) is -0.332. The van der Waals surface area contributed by atoms with E-state index in [4.69, 9.17) is 0 Å². The van der Waals surface area contributed by atoms with E-state index in [1.54, 1.807) is 19.9 Å². The van der Waals surface area contributed by atoms with Crippen LogP contribution in [-0.2, 0) is 4.79 Å². The molecule has 0 fully saturated rings. The average molecular weight is 184 g/mol. The molecule has 0 aromatic carbocycles. The van der Waals surface area contributed by atoms with Gasteiger partial charge in [-0.25, -0.2) is 0 Å². The minimum atomic E-state index is -0.587. The van der Waals surface area contributed by atoms with Crippen molar-refractivity contribution in [2.24, 2.45) is 11.3 Å². The van der Waals surface area contributed by atoms with Crippen molar-refractivity contribution in [2.75, 3.05) is 0 Å². The number of carbonyl (C=O) groups excluding carboxylic acids is 1. The lowest BCUT2D eigenvalue weighted by Crippen LogP contribution is -2.35. The van der Waals surface area contributed by atoms with Gasteiger partial charge in [0.25, 0.3) is 0 Å².